The molecule has 0 fully saturated rings. The van der Waals surface area contributed by atoms with Gasteiger partial charge >= 0.3 is 5.78 Å². The Balaban J connectivity index is 1.88. The van der Waals surface area contributed by atoms with E-state index in [1.807, 2.05) is 55.5 Å². The van der Waals surface area contributed by atoms with Crippen molar-refractivity contribution in [3.05, 3.63) is 82.5 Å². The molecule has 35 heavy (non-hydrogen) atoms. The van der Waals surface area contributed by atoms with Crippen molar-refractivity contribution in [2.75, 3.05) is 26.2 Å². The largest absolute Gasteiger partial charge is 0.303 e. The van der Waals surface area contributed by atoms with Gasteiger partial charge in [-0.15, -0.1) is 5.10 Å². The highest BCUT2D eigenvalue weighted by Gasteiger charge is 2.20. The number of ketones is 1. The Morgan fingerprint density at radius 3 is 2.26 bits per heavy atom. The van der Waals surface area contributed by atoms with E-state index in [1.54, 1.807) is 6.92 Å². The molecule has 0 spiro atoms. The van der Waals surface area contributed by atoms with Crippen LogP contribution in [0, 0.1) is 6.92 Å². The summed E-state index contributed by atoms with van der Waals surface area (Å²) >= 11 is 6.96. The molecule has 1 aromatic heterocycles. The van der Waals surface area contributed by atoms with Crippen molar-refractivity contribution >= 4 is 23.1 Å². The van der Waals surface area contributed by atoms with E-state index >= 15 is 0 Å². The van der Waals surface area contributed by atoms with E-state index in [2.05, 4.69) is 34.2 Å². The molecular weight excluding hydrogens is 456 g/mol. The highest BCUT2D eigenvalue weighted by Crippen LogP contribution is 2.31. The van der Waals surface area contributed by atoms with Gasteiger partial charge in [-0.05, 0) is 26.3 Å². The Morgan fingerprint density at radius 2 is 1.60 bits per heavy atom. The van der Waals surface area contributed by atoms with E-state index in [4.69, 9.17) is 16.6 Å². The van der Waals surface area contributed by atoms with Crippen LogP contribution in [-0.2, 0) is 0 Å². The predicted molar refractivity (Wildman–Crippen MR) is 147 cm³/mol. The van der Waals surface area contributed by atoms with Crippen LogP contribution < -0.4 is 0 Å². The minimum atomic E-state index is 0.452. The molecule has 5 nitrogen and oxygen atoms in total. The number of hydrogen-bond acceptors (Lipinski definition) is 4. The van der Waals surface area contributed by atoms with Gasteiger partial charge in [-0.1, -0.05) is 92.0 Å². The fraction of sp³-hybridized carbons (Fsp3) is 0.379. The van der Waals surface area contributed by atoms with Crippen LogP contribution in [0.25, 0.3) is 11.3 Å². The van der Waals surface area contributed by atoms with E-state index in [-0.39, 0.29) is 0 Å². The van der Waals surface area contributed by atoms with Crippen LogP contribution >= 0.6 is 11.6 Å². The van der Waals surface area contributed by atoms with Crippen LogP contribution in [0.2, 0.25) is 5.02 Å². The normalized spacial score (nSPS) is 11.7. The van der Waals surface area contributed by atoms with E-state index in [9.17, 15) is 4.79 Å². The molecule has 0 bridgehead atoms. The second-order valence-corrected chi connectivity index (χ2v) is 9.24. The van der Waals surface area contributed by atoms with Crippen molar-refractivity contribution < 1.29 is 4.79 Å². The molecule has 2 aromatic carbocycles. The van der Waals surface area contributed by atoms with Gasteiger partial charge in [0.2, 0.25) is 0 Å². The first-order chi connectivity index (χ1) is 17.0. The van der Waals surface area contributed by atoms with Crippen molar-refractivity contribution in [2.45, 2.75) is 46.5 Å². The molecule has 3 aromatic rings. The van der Waals surface area contributed by atoms with Crippen molar-refractivity contribution in [3.8, 4) is 11.3 Å². The maximum absolute atomic E-state index is 9.82. The molecule has 184 valence electrons. The smallest absolute Gasteiger partial charge is 0.292 e. The summed E-state index contributed by atoms with van der Waals surface area (Å²) < 4.78 is 0. The summed E-state index contributed by atoms with van der Waals surface area (Å²) in [5.41, 5.74) is 5.01. The summed E-state index contributed by atoms with van der Waals surface area (Å²) in [7, 11) is 0. The summed E-state index contributed by atoms with van der Waals surface area (Å²) in [5.74, 6) is 0.452. The summed E-state index contributed by atoms with van der Waals surface area (Å²) in [6, 6.07) is 20.0. The molecule has 1 N–H and O–H groups in total. The number of aryl methyl sites for hydroxylation is 1. The van der Waals surface area contributed by atoms with Gasteiger partial charge in [0, 0.05) is 36.7 Å². The van der Waals surface area contributed by atoms with E-state index in [1.165, 1.54) is 12.8 Å². The third kappa shape index (κ3) is 7.81. The van der Waals surface area contributed by atoms with Crippen molar-refractivity contribution in [3.63, 3.8) is 0 Å². The number of carbonyl (C=O) groups excluding carboxylic acids is 1. The second kappa shape index (κ2) is 13.9. The molecule has 0 aliphatic heterocycles. The lowest BCUT2D eigenvalue weighted by Crippen LogP contribution is -2.31. The Hall–Kier alpha value is -2.89. The first-order valence-electron chi connectivity index (χ1n) is 12.4. The van der Waals surface area contributed by atoms with Crippen LogP contribution in [0.5, 0.6) is 0 Å². The molecule has 6 heteroatoms. The minimum absolute atomic E-state index is 0.452. The Labute approximate surface area is 214 Å². The molecule has 0 saturated carbocycles. The van der Waals surface area contributed by atoms with Crippen LogP contribution in [0.1, 0.15) is 56.4 Å². The maximum atomic E-state index is 9.82. The SMILES string of the molecule is CCCCCN(CCCN=C(c1ccccc1)c1c(C)nnc(-c2ccccc2)c1Cl)CC(C)=[OH+]. The summed E-state index contributed by atoms with van der Waals surface area (Å²) in [4.78, 5) is 17.2. The number of nitrogens with zero attached hydrogens (tertiary/aromatic N) is 4. The molecule has 1 heterocycles. The first-order valence-corrected chi connectivity index (χ1v) is 12.8. The lowest BCUT2D eigenvalue weighted by molar-refractivity contribution is 0.296. The summed E-state index contributed by atoms with van der Waals surface area (Å²) in [5, 5.41) is 9.41. The third-order valence-electron chi connectivity index (χ3n) is 5.85. The topological polar surface area (TPSA) is 62.8 Å². The maximum Gasteiger partial charge on any atom is 0.303 e. The number of unbranched alkanes of at least 4 members (excludes halogenated alkanes) is 2. The van der Waals surface area contributed by atoms with E-state index in [0.29, 0.717) is 29.6 Å². The second-order valence-electron chi connectivity index (χ2n) is 8.86. The Kier molecular flexibility index (Phi) is 10.6. The number of aliphatic imine (C=N–C) groups is 1. The minimum Gasteiger partial charge on any atom is -0.292 e. The van der Waals surface area contributed by atoms with Crippen LogP contribution in [0.4, 0.5) is 0 Å². The zero-order valence-corrected chi connectivity index (χ0v) is 21.8. The highest BCUT2D eigenvalue weighted by atomic mass is 35.5. The molecule has 0 radical (unpaired) electrons. The number of halogens is 1. The van der Waals surface area contributed by atoms with Gasteiger partial charge in [0.1, 0.15) is 12.2 Å². The predicted octanol–water partition coefficient (Wildman–Crippen LogP) is 6.39. The number of hydrogen-bond donors (Lipinski definition) is 0. The van der Waals surface area contributed by atoms with Gasteiger partial charge in [-0.3, -0.25) is 14.7 Å². The molecule has 0 unspecified atom stereocenters. The molecular formula is C29H36ClN4O+. The first kappa shape index (κ1) is 26.7. The van der Waals surface area contributed by atoms with Gasteiger partial charge in [0.05, 0.1) is 16.4 Å². The lowest BCUT2D eigenvalue weighted by Gasteiger charge is -2.19. The number of benzene rings is 2. The standard InChI is InChI=1S/C29H35ClN4O/c1-4-5-12-19-34(21-22(2)35)20-13-18-31-28(24-14-8-6-9-15-24)26-23(3)32-33-29(27(26)30)25-16-10-7-11-17-25/h6-11,14-17H,4-5,12-13,18-21H2,1-3H3/p+1. The van der Waals surface area contributed by atoms with Crippen LogP contribution in [-0.4, -0.2) is 57.6 Å². The zero-order chi connectivity index (χ0) is 25.0. The zero-order valence-electron chi connectivity index (χ0n) is 21.0. The van der Waals surface area contributed by atoms with Crippen molar-refractivity contribution in [2.24, 2.45) is 4.99 Å². The number of aromatic nitrogens is 2. The van der Waals surface area contributed by atoms with Crippen LogP contribution in [0.3, 0.4) is 0 Å². The van der Waals surface area contributed by atoms with Gasteiger partial charge in [0.25, 0.3) is 0 Å². The monoisotopic (exact) mass is 491 g/mol. The van der Waals surface area contributed by atoms with E-state index in [0.717, 1.165) is 54.0 Å². The van der Waals surface area contributed by atoms with Gasteiger partial charge in [-0.25, -0.2) is 0 Å². The molecule has 0 atom stereocenters. The molecule has 0 saturated heterocycles. The van der Waals surface area contributed by atoms with Crippen LogP contribution in [0.15, 0.2) is 65.7 Å². The third-order valence-corrected chi connectivity index (χ3v) is 6.22. The Morgan fingerprint density at radius 1 is 0.943 bits per heavy atom. The fourth-order valence-corrected chi connectivity index (χ4v) is 4.50. The summed E-state index contributed by atoms with van der Waals surface area (Å²) in [6.07, 6.45) is 4.41. The lowest BCUT2D eigenvalue weighted by atomic mass is 9.99. The van der Waals surface area contributed by atoms with E-state index < -0.39 is 0 Å². The van der Waals surface area contributed by atoms with Gasteiger partial charge in [0.15, 0.2) is 0 Å². The average Bonchev–Trinajstić information content (AvgIpc) is 2.86. The molecule has 0 aliphatic rings. The number of rotatable bonds is 13. The van der Waals surface area contributed by atoms with Crippen molar-refractivity contribution in [1.29, 1.82) is 0 Å². The van der Waals surface area contributed by atoms with Crippen molar-refractivity contribution in [1.82, 2.24) is 15.1 Å². The van der Waals surface area contributed by atoms with Gasteiger partial charge in [-0.2, -0.15) is 5.10 Å². The van der Waals surface area contributed by atoms with Gasteiger partial charge < -0.3 is 0 Å². The fourth-order valence-electron chi connectivity index (χ4n) is 4.13. The highest BCUT2D eigenvalue weighted by molar-refractivity contribution is 6.37. The Bertz CT molecular complexity index is 1120. The molecule has 0 amide bonds. The average molecular weight is 492 g/mol. The quantitative estimate of drug-likeness (QED) is 0.158. The molecule has 3 rings (SSSR count). The summed E-state index contributed by atoms with van der Waals surface area (Å²) in [6.45, 7) is 9.03. The molecule has 0 aliphatic carbocycles.